The molecule has 0 N–H and O–H groups in total. The molecule has 0 radical (unpaired) electrons. The first-order chi connectivity index (χ1) is 10.9. The minimum Gasteiger partial charge on any atom is -0.376 e. The van der Waals surface area contributed by atoms with Crippen molar-refractivity contribution >= 4 is 11.6 Å². The third-order valence-electron chi connectivity index (χ3n) is 4.35. The zero-order valence-electron chi connectivity index (χ0n) is 14.5. The van der Waals surface area contributed by atoms with Gasteiger partial charge in [-0.2, -0.15) is 13.2 Å². The van der Waals surface area contributed by atoms with Crippen LogP contribution in [0.1, 0.15) is 51.7 Å². The fourth-order valence-corrected chi connectivity index (χ4v) is 3.30. The van der Waals surface area contributed by atoms with Gasteiger partial charge in [-0.05, 0) is 57.2 Å². The van der Waals surface area contributed by atoms with Crippen LogP contribution in [-0.2, 0) is 16.3 Å². The number of alkyl halides is 3. The molecule has 24 heavy (non-hydrogen) atoms. The average Bonchev–Trinajstić information content (AvgIpc) is 2.43. The van der Waals surface area contributed by atoms with Crippen molar-refractivity contribution in [2.45, 2.75) is 57.7 Å². The number of halogens is 4. The van der Waals surface area contributed by atoms with Crippen molar-refractivity contribution in [3.8, 4) is 0 Å². The van der Waals surface area contributed by atoms with Gasteiger partial charge in [0.1, 0.15) is 0 Å². The van der Waals surface area contributed by atoms with E-state index in [1.807, 2.05) is 39.8 Å². The molecule has 0 aliphatic heterocycles. The summed E-state index contributed by atoms with van der Waals surface area (Å²) < 4.78 is 45.2. The fraction of sp³-hybridized carbons (Fsp3) is 0.579. The normalized spacial score (nSPS) is 25.1. The second-order valence-corrected chi connectivity index (χ2v) is 8.15. The van der Waals surface area contributed by atoms with Gasteiger partial charge in [0.15, 0.2) is 0 Å². The molecule has 1 nitrogen and oxygen atoms in total. The SMILES string of the molecule is CC(C)(C)OCC1CC=CC(C)(c2ccc(Cl)c(C(F)(F)F)c2)C1. The van der Waals surface area contributed by atoms with Crippen molar-refractivity contribution in [2.75, 3.05) is 6.61 Å². The van der Waals surface area contributed by atoms with Gasteiger partial charge in [-0.3, -0.25) is 0 Å². The highest BCUT2D eigenvalue weighted by molar-refractivity contribution is 6.31. The first-order valence-electron chi connectivity index (χ1n) is 8.10. The van der Waals surface area contributed by atoms with Crippen LogP contribution < -0.4 is 0 Å². The minimum absolute atomic E-state index is 0.221. The first kappa shape index (κ1) is 19.3. The Hall–Kier alpha value is -1.00. The zero-order chi connectivity index (χ0) is 18.2. The quantitative estimate of drug-likeness (QED) is 0.567. The van der Waals surface area contributed by atoms with Gasteiger partial charge in [-0.15, -0.1) is 0 Å². The topological polar surface area (TPSA) is 9.23 Å². The summed E-state index contributed by atoms with van der Waals surface area (Å²) in [6.45, 7) is 8.57. The Morgan fingerprint density at radius 2 is 1.92 bits per heavy atom. The second kappa shape index (κ2) is 6.72. The molecule has 0 saturated carbocycles. The van der Waals surface area contributed by atoms with E-state index < -0.39 is 17.2 Å². The third kappa shape index (κ3) is 4.76. The molecule has 1 aromatic rings. The van der Waals surface area contributed by atoms with Crippen molar-refractivity contribution in [2.24, 2.45) is 5.92 Å². The van der Waals surface area contributed by atoms with Crippen LogP contribution in [0.3, 0.4) is 0 Å². The molecule has 0 aromatic heterocycles. The summed E-state index contributed by atoms with van der Waals surface area (Å²) in [7, 11) is 0. The van der Waals surface area contributed by atoms with Gasteiger partial charge in [0.2, 0.25) is 0 Å². The van der Waals surface area contributed by atoms with Gasteiger partial charge in [0.25, 0.3) is 0 Å². The Labute approximate surface area is 146 Å². The van der Waals surface area contributed by atoms with E-state index in [2.05, 4.69) is 0 Å². The maximum absolute atomic E-state index is 13.1. The molecule has 2 rings (SSSR count). The molecule has 0 amide bonds. The lowest BCUT2D eigenvalue weighted by molar-refractivity contribution is -0.137. The number of hydrogen-bond donors (Lipinski definition) is 0. The van der Waals surface area contributed by atoms with Gasteiger partial charge < -0.3 is 4.74 Å². The number of benzene rings is 1. The predicted octanol–water partition coefficient (Wildman–Crippen LogP) is 6.40. The first-order valence-corrected chi connectivity index (χ1v) is 8.47. The Bertz CT molecular complexity index is 616. The molecule has 0 saturated heterocycles. The molecular weight excluding hydrogens is 337 g/mol. The van der Waals surface area contributed by atoms with Gasteiger partial charge in [0, 0.05) is 5.41 Å². The van der Waals surface area contributed by atoms with E-state index >= 15 is 0 Å². The van der Waals surface area contributed by atoms with Crippen LogP contribution >= 0.6 is 11.6 Å². The molecule has 2 atom stereocenters. The molecular formula is C19H24ClF3O. The van der Waals surface area contributed by atoms with E-state index in [1.54, 1.807) is 6.07 Å². The van der Waals surface area contributed by atoms with E-state index in [0.717, 1.165) is 12.8 Å². The monoisotopic (exact) mass is 360 g/mol. The van der Waals surface area contributed by atoms with Crippen LogP contribution in [0.5, 0.6) is 0 Å². The lowest BCUT2D eigenvalue weighted by Crippen LogP contribution is -2.31. The number of hydrogen-bond acceptors (Lipinski definition) is 1. The summed E-state index contributed by atoms with van der Waals surface area (Å²) in [4.78, 5) is 0. The van der Waals surface area contributed by atoms with Crippen LogP contribution in [-0.4, -0.2) is 12.2 Å². The van der Waals surface area contributed by atoms with Gasteiger partial charge >= 0.3 is 6.18 Å². The Morgan fingerprint density at radius 1 is 1.25 bits per heavy atom. The Balaban J connectivity index is 2.24. The van der Waals surface area contributed by atoms with Crippen LogP contribution in [0.4, 0.5) is 13.2 Å². The largest absolute Gasteiger partial charge is 0.417 e. The predicted molar refractivity (Wildman–Crippen MR) is 91.4 cm³/mol. The van der Waals surface area contributed by atoms with Crippen LogP contribution in [0.2, 0.25) is 5.02 Å². The van der Waals surface area contributed by atoms with Crippen molar-refractivity contribution in [3.05, 3.63) is 46.5 Å². The lowest BCUT2D eigenvalue weighted by atomic mass is 9.71. The lowest BCUT2D eigenvalue weighted by Gasteiger charge is -2.36. The molecule has 0 spiro atoms. The van der Waals surface area contributed by atoms with Crippen molar-refractivity contribution in [1.29, 1.82) is 0 Å². The van der Waals surface area contributed by atoms with Gasteiger partial charge in [0.05, 0.1) is 22.8 Å². The molecule has 0 heterocycles. The van der Waals surface area contributed by atoms with Crippen molar-refractivity contribution in [1.82, 2.24) is 0 Å². The second-order valence-electron chi connectivity index (χ2n) is 7.74. The standard InChI is InChI=1S/C19H24ClF3O/c1-17(2,3)24-12-13-6-5-9-18(4,11-13)14-7-8-16(20)15(10-14)19(21,22)23/h5,7-10,13H,6,11-12H2,1-4H3. The summed E-state index contributed by atoms with van der Waals surface area (Å²) in [6.07, 6.45) is 1.23. The van der Waals surface area contributed by atoms with Crippen LogP contribution in [0, 0.1) is 5.92 Å². The Kier molecular flexibility index (Phi) is 5.41. The summed E-state index contributed by atoms with van der Waals surface area (Å²) in [5.74, 6) is 0.282. The molecule has 0 bridgehead atoms. The van der Waals surface area contributed by atoms with Crippen LogP contribution in [0.15, 0.2) is 30.4 Å². The van der Waals surface area contributed by atoms with Crippen molar-refractivity contribution < 1.29 is 17.9 Å². The molecule has 134 valence electrons. The maximum atomic E-state index is 13.1. The fourth-order valence-electron chi connectivity index (χ4n) is 3.08. The molecule has 1 aromatic carbocycles. The molecule has 0 fully saturated rings. The molecule has 1 aliphatic rings. The summed E-state index contributed by atoms with van der Waals surface area (Å²) >= 11 is 5.74. The highest BCUT2D eigenvalue weighted by Gasteiger charge is 2.36. The van der Waals surface area contributed by atoms with E-state index in [0.29, 0.717) is 12.2 Å². The number of allylic oxidation sites excluding steroid dienone is 2. The third-order valence-corrected chi connectivity index (χ3v) is 4.68. The van der Waals surface area contributed by atoms with E-state index in [9.17, 15) is 13.2 Å². The molecule has 2 unspecified atom stereocenters. The summed E-state index contributed by atoms with van der Waals surface area (Å²) in [5, 5.41) is -0.262. The minimum atomic E-state index is -4.45. The molecule has 5 heteroatoms. The number of ether oxygens (including phenoxy) is 1. The highest BCUT2D eigenvalue weighted by atomic mass is 35.5. The molecule has 1 aliphatic carbocycles. The smallest absolute Gasteiger partial charge is 0.376 e. The summed E-state index contributed by atoms with van der Waals surface area (Å²) in [5.41, 5.74) is -0.809. The Morgan fingerprint density at radius 3 is 2.50 bits per heavy atom. The van der Waals surface area contributed by atoms with Gasteiger partial charge in [-0.1, -0.05) is 36.7 Å². The average molecular weight is 361 g/mol. The maximum Gasteiger partial charge on any atom is 0.417 e. The van der Waals surface area contributed by atoms with Gasteiger partial charge in [-0.25, -0.2) is 0 Å². The van der Waals surface area contributed by atoms with E-state index in [1.165, 1.54) is 12.1 Å². The summed E-state index contributed by atoms with van der Waals surface area (Å²) in [6, 6.07) is 4.21. The van der Waals surface area contributed by atoms with Crippen molar-refractivity contribution in [3.63, 3.8) is 0 Å². The highest BCUT2D eigenvalue weighted by Crippen LogP contribution is 2.42. The zero-order valence-corrected chi connectivity index (χ0v) is 15.3. The number of rotatable bonds is 3. The van der Waals surface area contributed by atoms with E-state index in [4.69, 9.17) is 16.3 Å². The van der Waals surface area contributed by atoms with Crippen LogP contribution in [0.25, 0.3) is 0 Å². The van der Waals surface area contributed by atoms with E-state index in [-0.39, 0.29) is 16.5 Å².